The first-order valence-corrected chi connectivity index (χ1v) is 4.57. The van der Waals surface area contributed by atoms with Crippen LogP contribution >= 0.6 is 0 Å². The van der Waals surface area contributed by atoms with Crippen LogP contribution in [0.25, 0.3) is 0 Å². The number of nitrogens with zero attached hydrogens (tertiary/aromatic N) is 1. The molecule has 0 saturated heterocycles. The summed E-state index contributed by atoms with van der Waals surface area (Å²) in [6.45, 7) is 12.8. The van der Waals surface area contributed by atoms with Gasteiger partial charge in [0.2, 0.25) is 0 Å². The lowest BCUT2D eigenvalue weighted by Crippen LogP contribution is -1.93. The van der Waals surface area contributed by atoms with E-state index < -0.39 is 0 Å². The average molecular weight is 155 g/mol. The monoisotopic (exact) mass is 155 g/mol. The van der Waals surface area contributed by atoms with Gasteiger partial charge >= 0.3 is 0 Å². The molecule has 0 aromatic heterocycles. The Morgan fingerprint density at radius 2 is 1.82 bits per heavy atom. The largest absolute Gasteiger partial charge is 0.293 e. The van der Waals surface area contributed by atoms with Gasteiger partial charge in [0.05, 0.1) is 0 Å². The summed E-state index contributed by atoms with van der Waals surface area (Å²) in [5.41, 5.74) is 1.17. The van der Waals surface area contributed by atoms with Crippen molar-refractivity contribution in [1.29, 1.82) is 0 Å². The predicted octanol–water partition coefficient (Wildman–Crippen LogP) is 3.46. The van der Waals surface area contributed by atoms with Crippen molar-refractivity contribution in [3.8, 4) is 0 Å². The van der Waals surface area contributed by atoms with Crippen LogP contribution in [0.1, 0.15) is 40.5 Å². The summed E-state index contributed by atoms with van der Waals surface area (Å²) in [6, 6.07) is 0. The summed E-state index contributed by atoms with van der Waals surface area (Å²) in [6.07, 6.45) is 4.20. The number of aliphatic imine (C=N–C) groups is 1. The smallest absolute Gasteiger partial charge is 0.0392 e. The molecule has 0 aliphatic carbocycles. The second kappa shape index (κ2) is 12.1. The second-order valence-electron chi connectivity index (χ2n) is 1.80. The Hall–Kier alpha value is -0.590. The van der Waals surface area contributed by atoms with Gasteiger partial charge in [0, 0.05) is 12.8 Å². The van der Waals surface area contributed by atoms with Crippen molar-refractivity contribution >= 4 is 6.21 Å². The van der Waals surface area contributed by atoms with Gasteiger partial charge in [-0.1, -0.05) is 34.3 Å². The highest BCUT2D eigenvalue weighted by Crippen LogP contribution is 2.03. The molecule has 1 rings (SSSR count). The fourth-order valence-electron chi connectivity index (χ4n) is 0.656. The fraction of sp³-hybridized carbons (Fsp3) is 0.700. The molecule has 0 fully saturated rings. The molecule has 1 heteroatoms. The Labute approximate surface area is 71.2 Å². The van der Waals surface area contributed by atoms with Crippen molar-refractivity contribution in [1.82, 2.24) is 0 Å². The number of rotatable bonds is 0. The molecule has 0 spiro atoms. The van der Waals surface area contributed by atoms with E-state index in [-0.39, 0.29) is 0 Å². The number of allylic oxidation sites excluding steroid dienone is 1. The molecule has 0 amide bonds. The highest BCUT2D eigenvalue weighted by Gasteiger charge is 1.93. The third kappa shape index (κ3) is 9.41. The molecule has 66 valence electrons. The molecule has 0 atom stereocenters. The summed E-state index contributed by atoms with van der Waals surface area (Å²) in [5, 5.41) is 0. The predicted molar refractivity (Wildman–Crippen MR) is 54.4 cm³/mol. The van der Waals surface area contributed by atoms with Crippen LogP contribution in [-0.2, 0) is 0 Å². The van der Waals surface area contributed by atoms with E-state index in [0.29, 0.717) is 0 Å². The van der Waals surface area contributed by atoms with Gasteiger partial charge in [0.15, 0.2) is 0 Å². The first-order chi connectivity index (χ1) is 5.39. The van der Waals surface area contributed by atoms with Gasteiger partial charge in [-0.2, -0.15) is 0 Å². The van der Waals surface area contributed by atoms with Gasteiger partial charge in [-0.25, -0.2) is 0 Å². The van der Waals surface area contributed by atoms with Crippen LogP contribution < -0.4 is 0 Å². The Balaban J connectivity index is 0. The van der Waals surface area contributed by atoms with E-state index in [2.05, 4.69) is 11.6 Å². The summed E-state index contributed by atoms with van der Waals surface area (Å²) in [4.78, 5) is 4.03. The normalized spacial score (nSPS) is 14.0. The van der Waals surface area contributed by atoms with Crippen LogP contribution in [0.5, 0.6) is 0 Å². The Morgan fingerprint density at radius 1 is 1.27 bits per heavy atom. The molecular formula is C10H21N. The molecule has 1 aliphatic rings. The minimum absolute atomic E-state index is 0.999. The fourth-order valence-corrected chi connectivity index (χ4v) is 0.656. The van der Waals surface area contributed by atoms with E-state index in [1.165, 1.54) is 12.0 Å². The average Bonchev–Trinajstić information content (AvgIpc) is 2.13. The minimum Gasteiger partial charge on any atom is -0.293 e. The molecule has 0 unspecified atom stereocenters. The van der Waals surface area contributed by atoms with Crippen molar-refractivity contribution in [2.45, 2.75) is 40.5 Å². The van der Waals surface area contributed by atoms with Gasteiger partial charge in [-0.15, -0.1) is 0 Å². The molecule has 0 saturated carbocycles. The third-order valence-corrected chi connectivity index (χ3v) is 1.06. The van der Waals surface area contributed by atoms with E-state index in [0.717, 1.165) is 13.0 Å². The van der Waals surface area contributed by atoms with E-state index in [1.807, 2.05) is 33.9 Å². The Kier molecular flexibility index (Phi) is 14.4. The van der Waals surface area contributed by atoms with Crippen LogP contribution in [-0.4, -0.2) is 12.8 Å². The van der Waals surface area contributed by atoms with Crippen LogP contribution in [0.15, 0.2) is 17.1 Å². The quantitative estimate of drug-likeness (QED) is 0.508. The van der Waals surface area contributed by atoms with E-state index in [9.17, 15) is 0 Å². The van der Waals surface area contributed by atoms with Crippen LogP contribution in [0, 0.1) is 0 Å². The van der Waals surface area contributed by atoms with Crippen LogP contribution in [0.2, 0.25) is 0 Å². The Bertz CT molecular complexity index is 103. The van der Waals surface area contributed by atoms with Crippen LogP contribution in [0.4, 0.5) is 0 Å². The Morgan fingerprint density at radius 3 is 2.00 bits per heavy atom. The maximum atomic E-state index is 4.03. The lowest BCUT2D eigenvalue weighted by Gasteiger charge is -2.01. The van der Waals surface area contributed by atoms with Crippen molar-refractivity contribution in [3.05, 3.63) is 12.2 Å². The van der Waals surface area contributed by atoms with Crippen LogP contribution in [0.3, 0.4) is 0 Å². The van der Waals surface area contributed by atoms with Crippen molar-refractivity contribution in [2.24, 2.45) is 4.99 Å². The summed E-state index contributed by atoms with van der Waals surface area (Å²) in [7, 11) is 0. The van der Waals surface area contributed by atoms with Gasteiger partial charge in [0.25, 0.3) is 0 Å². The number of hydrogen-bond donors (Lipinski definition) is 0. The molecule has 0 radical (unpaired) electrons. The molecule has 0 bridgehead atoms. The third-order valence-electron chi connectivity index (χ3n) is 1.06. The van der Waals surface area contributed by atoms with Gasteiger partial charge < -0.3 is 0 Å². The number of hydrogen-bond acceptors (Lipinski definition) is 1. The first-order valence-electron chi connectivity index (χ1n) is 4.57. The van der Waals surface area contributed by atoms with Crippen molar-refractivity contribution in [3.63, 3.8) is 0 Å². The van der Waals surface area contributed by atoms with E-state index >= 15 is 0 Å². The zero-order valence-electron chi connectivity index (χ0n) is 8.35. The van der Waals surface area contributed by atoms with Crippen molar-refractivity contribution in [2.75, 3.05) is 6.54 Å². The van der Waals surface area contributed by atoms with Gasteiger partial charge in [0.1, 0.15) is 0 Å². The topological polar surface area (TPSA) is 12.4 Å². The van der Waals surface area contributed by atoms with Gasteiger partial charge in [-0.05, 0) is 18.4 Å². The summed E-state index contributed by atoms with van der Waals surface area (Å²) in [5.74, 6) is 0. The molecule has 1 aliphatic heterocycles. The molecule has 11 heavy (non-hydrogen) atoms. The highest BCUT2D eigenvalue weighted by molar-refractivity contribution is 5.78. The molecule has 0 aromatic carbocycles. The zero-order valence-corrected chi connectivity index (χ0v) is 8.35. The maximum Gasteiger partial charge on any atom is 0.0392 e. The van der Waals surface area contributed by atoms with E-state index in [4.69, 9.17) is 0 Å². The summed E-state index contributed by atoms with van der Waals surface area (Å²) < 4.78 is 0. The van der Waals surface area contributed by atoms with Gasteiger partial charge in [-0.3, -0.25) is 4.99 Å². The zero-order chi connectivity index (χ0) is 9.11. The molecular weight excluding hydrogens is 134 g/mol. The minimum atomic E-state index is 0.999. The summed E-state index contributed by atoms with van der Waals surface area (Å²) >= 11 is 0. The molecule has 1 nitrogen and oxygen atoms in total. The first kappa shape index (κ1) is 13.0. The molecule has 0 N–H and O–H groups in total. The second-order valence-corrected chi connectivity index (χ2v) is 1.80. The lowest BCUT2D eigenvalue weighted by molar-refractivity contribution is 0.825. The highest BCUT2D eigenvalue weighted by atomic mass is 14.7. The SMILES string of the molecule is C=C1C=NCCC1.CC.CC. The molecule has 1 heterocycles. The lowest BCUT2D eigenvalue weighted by atomic mass is 10.1. The standard InChI is InChI=1S/C6H9N.2C2H6/c1-6-3-2-4-7-5-6;2*1-2/h5H,1-4H2;2*1-2H3. The molecule has 0 aromatic rings. The maximum absolute atomic E-state index is 4.03. The van der Waals surface area contributed by atoms with E-state index in [1.54, 1.807) is 0 Å². The van der Waals surface area contributed by atoms with Crippen molar-refractivity contribution < 1.29 is 0 Å².